The van der Waals surface area contributed by atoms with Gasteiger partial charge in [-0.05, 0) is 45.8 Å². The highest BCUT2D eigenvalue weighted by molar-refractivity contribution is 9.10. The van der Waals surface area contributed by atoms with E-state index in [-0.39, 0.29) is 6.61 Å². The Morgan fingerprint density at radius 3 is 2.56 bits per heavy atom. The SMILES string of the molecule is COc1ccc(COC(=O)c2cc(OC)c3c(c2)OCCO3)cc1Br. The highest BCUT2D eigenvalue weighted by Crippen LogP contribution is 2.40. The molecule has 0 bridgehead atoms. The Morgan fingerprint density at radius 1 is 1.08 bits per heavy atom. The zero-order chi connectivity index (χ0) is 17.8. The number of hydrogen-bond donors (Lipinski definition) is 0. The molecule has 1 aliphatic heterocycles. The van der Waals surface area contributed by atoms with Crippen molar-refractivity contribution in [3.05, 3.63) is 45.9 Å². The van der Waals surface area contributed by atoms with Gasteiger partial charge in [-0.3, -0.25) is 0 Å². The van der Waals surface area contributed by atoms with Crippen LogP contribution in [0.4, 0.5) is 0 Å². The van der Waals surface area contributed by atoms with Gasteiger partial charge in [-0.2, -0.15) is 0 Å². The number of carbonyl (C=O) groups excluding carboxylic acids is 1. The van der Waals surface area contributed by atoms with E-state index in [0.717, 1.165) is 10.0 Å². The van der Waals surface area contributed by atoms with Crippen molar-refractivity contribution >= 4 is 21.9 Å². The van der Waals surface area contributed by atoms with Gasteiger partial charge in [0, 0.05) is 0 Å². The maximum Gasteiger partial charge on any atom is 0.338 e. The van der Waals surface area contributed by atoms with Gasteiger partial charge < -0.3 is 23.7 Å². The molecule has 0 aliphatic carbocycles. The quantitative estimate of drug-likeness (QED) is 0.704. The van der Waals surface area contributed by atoms with Gasteiger partial charge in [0.15, 0.2) is 11.5 Å². The number of halogens is 1. The van der Waals surface area contributed by atoms with E-state index >= 15 is 0 Å². The van der Waals surface area contributed by atoms with Crippen LogP contribution in [-0.2, 0) is 11.3 Å². The lowest BCUT2D eigenvalue weighted by Gasteiger charge is -2.21. The first kappa shape index (κ1) is 17.4. The van der Waals surface area contributed by atoms with Crippen LogP contribution in [-0.4, -0.2) is 33.4 Å². The Labute approximate surface area is 153 Å². The molecule has 0 saturated heterocycles. The number of rotatable bonds is 5. The maximum absolute atomic E-state index is 12.4. The monoisotopic (exact) mass is 408 g/mol. The summed E-state index contributed by atoms with van der Waals surface area (Å²) >= 11 is 3.41. The van der Waals surface area contributed by atoms with Crippen LogP contribution in [0.25, 0.3) is 0 Å². The van der Waals surface area contributed by atoms with E-state index in [1.165, 1.54) is 7.11 Å². The van der Waals surface area contributed by atoms with Crippen LogP contribution in [0.2, 0.25) is 0 Å². The van der Waals surface area contributed by atoms with E-state index in [1.807, 2.05) is 12.1 Å². The summed E-state index contributed by atoms with van der Waals surface area (Å²) in [4.78, 5) is 12.4. The predicted octanol–water partition coefficient (Wildman–Crippen LogP) is 3.59. The van der Waals surface area contributed by atoms with Crippen molar-refractivity contribution < 1.29 is 28.5 Å². The fourth-order valence-corrected chi connectivity index (χ4v) is 3.01. The highest BCUT2D eigenvalue weighted by Gasteiger charge is 2.21. The van der Waals surface area contributed by atoms with E-state index < -0.39 is 5.97 Å². The number of methoxy groups -OCH3 is 2. The molecule has 1 aliphatic rings. The topological polar surface area (TPSA) is 63.2 Å². The minimum atomic E-state index is -0.470. The predicted molar refractivity (Wildman–Crippen MR) is 93.8 cm³/mol. The van der Waals surface area contributed by atoms with Crippen molar-refractivity contribution in [2.24, 2.45) is 0 Å². The van der Waals surface area contributed by atoms with Crippen LogP contribution >= 0.6 is 15.9 Å². The summed E-state index contributed by atoms with van der Waals surface area (Å²) in [7, 11) is 3.10. The molecule has 6 nitrogen and oxygen atoms in total. The number of benzene rings is 2. The molecule has 0 spiro atoms. The van der Waals surface area contributed by atoms with Crippen molar-refractivity contribution in [2.45, 2.75) is 6.61 Å². The average Bonchev–Trinajstić information content (AvgIpc) is 2.65. The van der Waals surface area contributed by atoms with Gasteiger partial charge in [0.25, 0.3) is 0 Å². The van der Waals surface area contributed by atoms with Gasteiger partial charge >= 0.3 is 5.97 Å². The molecular formula is C18H17BrO6. The zero-order valence-corrected chi connectivity index (χ0v) is 15.4. The standard InChI is InChI=1S/C18H17BrO6/c1-21-14-4-3-11(7-13(14)19)10-25-18(20)12-8-15(22-2)17-16(9-12)23-5-6-24-17/h3-4,7-9H,5-6,10H2,1-2H3. The fraction of sp³-hybridized carbons (Fsp3) is 0.278. The van der Waals surface area contributed by atoms with Crippen molar-refractivity contribution in [1.29, 1.82) is 0 Å². The van der Waals surface area contributed by atoms with Crippen LogP contribution in [0.15, 0.2) is 34.8 Å². The molecular weight excluding hydrogens is 392 g/mol. The molecule has 0 saturated carbocycles. The third-order valence-corrected chi connectivity index (χ3v) is 4.27. The average molecular weight is 409 g/mol. The first-order valence-corrected chi connectivity index (χ1v) is 8.39. The molecule has 0 atom stereocenters. The zero-order valence-electron chi connectivity index (χ0n) is 13.8. The second-order valence-corrected chi connectivity index (χ2v) is 6.10. The maximum atomic E-state index is 12.4. The van der Waals surface area contributed by atoms with E-state index in [2.05, 4.69) is 15.9 Å². The van der Waals surface area contributed by atoms with Crippen molar-refractivity contribution in [1.82, 2.24) is 0 Å². The van der Waals surface area contributed by atoms with Gasteiger partial charge in [0.1, 0.15) is 25.6 Å². The van der Waals surface area contributed by atoms with Gasteiger partial charge in [0.05, 0.1) is 24.3 Å². The van der Waals surface area contributed by atoms with Gasteiger partial charge in [-0.15, -0.1) is 0 Å². The van der Waals surface area contributed by atoms with Crippen LogP contribution in [0.3, 0.4) is 0 Å². The number of ether oxygens (including phenoxy) is 5. The van der Waals surface area contributed by atoms with Crippen molar-refractivity contribution in [3.8, 4) is 23.0 Å². The molecule has 0 N–H and O–H groups in total. The number of fused-ring (bicyclic) bond motifs is 1. The number of esters is 1. The second kappa shape index (κ2) is 7.65. The summed E-state index contributed by atoms with van der Waals surface area (Å²) in [6.45, 7) is 1.01. The Balaban J connectivity index is 1.74. The lowest BCUT2D eigenvalue weighted by Crippen LogP contribution is -2.17. The minimum absolute atomic E-state index is 0.137. The third kappa shape index (κ3) is 3.82. The van der Waals surface area contributed by atoms with E-state index in [9.17, 15) is 4.79 Å². The summed E-state index contributed by atoms with van der Waals surface area (Å²) in [6, 6.07) is 8.67. The molecule has 0 unspecified atom stereocenters. The highest BCUT2D eigenvalue weighted by atomic mass is 79.9. The van der Waals surface area contributed by atoms with Gasteiger partial charge in [0.2, 0.25) is 5.75 Å². The Bertz CT molecular complexity index is 772. The molecule has 2 aromatic rings. The summed E-state index contributed by atoms with van der Waals surface area (Å²) in [5, 5.41) is 0. The largest absolute Gasteiger partial charge is 0.496 e. The van der Waals surface area contributed by atoms with Gasteiger partial charge in [-0.25, -0.2) is 4.79 Å². The third-order valence-electron chi connectivity index (χ3n) is 3.65. The molecule has 3 rings (SSSR count). The van der Waals surface area contributed by atoms with E-state index in [0.29, 0.717) is 41.8 Å². The van der Waals surface area contributed by atoms with E-state index in [1.54, 1.807) is 25.3 Å². The van der Waals surface area contributed by atoms with Crippen LogP contribution in [0, 0.1) is 0 Å². The second-order valence-electron chi connectivity index (χ2n) is 5.25. The summed E-state index contributed by atoms with van der Waals surface area (Å²) < 4.78 is 27.7. The number of carbonyl (C=O) groups is 1. The number of hydrogen-bond acceptors (Lipinski definition) is 6. The molecule has 1 heterocycles. The first-order chi connectivity index (χ1) is 12.1. The normalized spacial score (nSPS) is 12.4. The molecule has 0 aromatic heterocycles. The van der Waals surface area contributed by atoms with Crippen LogP contribution in [0.5, 0.6) is 23.0 Å². The summed E-state index contributed by atoms with van der Waals surface area (Å²) in [6.07, 6.45) is 0. The summed E-state index contributed by atoms with van der Waals surface area (Å²) in [5.74, 6) is 1.67. The molecule has 132 valence electrons. The summed E-state index contributed by atoms with van der Waals surface area (Å²) in [5.41, 5.74) is 1.18. The lowest BCUT2D eigenvalue weighted by atomic mass is 10.1. The molecule has 2 aromatic carbocycles. The smallest absolute Gasteiger partial charge is 0.338 e. The molecule has 0 fully saturated rings. The lowest BCUT2D eigenvalue weighted by molar-refractivity contribution is 0.0471. The van der Waals surface area contributed by atoms with Crippen molar-refractivity contribution in [2.75, 3.05) is 27.4 Å². The first-order valence-electron chi connectivity index (χ1n) is 7.59. The van der Waals surface area contributed by atoms with Crippen molar-refractivity contribution in [3.63, 3.8) is 0 Å². The van der Waals surface area contributed by atoms with Gasteiger partial charge in [-0.1, -0.05) is 6.07 Å². The Hall–Kier alpha value is -2.41. The Kier molecular flexibility index (Phi) is 5.33. The molecule has 0 radical (unpaired) electrons. The van der Waals surface area contributed by atoms with E-state index in [4.69, 9.17) is 23.7 Å². The molecule has 25 heavy (non-hydrogen) atoms. The van der Waals surface area contributed by atoms with Crippen LogP contribution < -0.4 is 18.9 Å². The Morgan fingerprint density at radius 2 is 1.84 bits per heavy atom. The van der Waals surface area contributed by atoms with Crippen LogP contribution in [0.1, 0.15) is 15.9 Å². The molecule has 0 amide bonds. The molecule has 7 heteroatoms. The fourth-order valence-electron chi connectivity index (χ4n) is 2.42. The minimum Gasteiger partial charge on any atom is -0.496 e.